The number of nitrogens with zero attached hydrogens (tertiary/aromatic N) is 4. The monoisotopic (exact) mass is 416 g/mol. The van der Waals surface area contributed by atoms with Crippen LogP contribution in [-0.4, -0.2) is 38.8 Å². The number of pyridine rings is 2. The first-order valence-corrected chi connectivity index (χ1v) is 10.6. The number of fused-ring (bicyclic) bond motifs is 5. The number of hydrogen-bond acceptors (Lipinski definition) is 5. The molecule has 3 aromatic rings. The fourth-order valence-corrected chi connectivity index (χ4v) is 4.60. The number of carbonyl (C=O) groups excluding carboxylic acids is 1. The Bertz CT molecular complexity index is 1170. The molecular formula is C24H24N4O3. The van der Waals surface area contributed by atoms with Gasteiger partial charge in [0.25, 0.3) is 5.91 Å². The van der Waals surface area contributed by atoms with E-state index in [-0.39, 0.29) is 17.6 Å². The summed E-state index contributed by atoms with van der Waals surface area (Å²) in [5.41, 5.74) is 2.65. The molecule has 2 aromatic heterocycles. The Labute approximate surface area is 180 Å². The van der Waals surface area contributed by atoms with Crippen molar-refractivity contribution in [2.45, 2.75) is 31.7 Å². The van der Waals surface area contributed by atoms with Gasteiger partial charge in [0.2, 0.25) is 5.43 Å². The zero-order valence-electron chi connectivity index (χ0n) is 17.1. The van der Waals surface area contributed by atoms with Gasteiger partial charge in [0.15, 0.2) is 11.4 Å². The van der Waals surface area contributed by atoms with E-state index in [0.717, 1.165) is 36.9 Å². The normalized spacial score (nSPS) is 18.7. The molecule has 4 heterocycles. The van der Waals surface area contributed by atoms with Crippen LogP contribution in [0.25, 0.3) is 0 Å². The van der Waals surface area contributed by atoms with Gasteiger partial charge in [-0.05, 0) is 42.5 Å². The lowest BCUT2D eigenvalue weighted by atomic mass is 9.94. The molecule has 0 aliphatic carbocycles. The van der Waals surface area contributed by atoms with E-state index in [0.29, 0.717) is 13.2 Å². The van der Waals surface area contributed by atoms with Crippen LogP contribution in [0, 0.1) is 0 Å². The molecule has 7 nitrogen and oxygen atoms in total. The van der Waals surface area contributed by atoms with Crippen molar-refractivity contribution in [3.8, 4) is 5.75 Å². The van der Waals surface area contributed by atoms with Crippen LogP contribution in [0.4, 0.5) is 0 Å². The Morgan fingerprint density at radius 2 is 1.81 bits per heavy atom. The molecule has 2 aliphatic rings. The summed E-state index contributed by atoms with van der Waals surface area (Å²) in [5.74, 6) is -0.830. The van der Waals surface area contributed by atoms with E-state index in [1.807, 2.05) is 29.3 Å². The van der Waals surface area contributed by atoms with Crippen molar-refractivity contribution in [3.63, 3.8) is 0 Å². The summed E-state index contributed by atoms with van der Waals surface area (Å²) in [5, 5.41) is 12.6. The van der Waals surface area contributed by atoms with Crippen LogP contribution >= 0.6 is 0 Å². The third-order valence-corrected chi connectivity index (χ3v) is 6.13. The van der Waals surface area contributed by atoms with E-state index >= 15 is 0 Å². The van der Waals surface area contributed by atoms with Crippen LogP contribution in [0.1, 0.15) is 52.6 Å². The highest BCUT2D eigenvalue weighted by Gasteiger charge is 2.37. The standard InChI is InChI=1S/C24H24N4O3/c29-20-12-15-27-22(23(20)30)24(31)26-14-7-1-2-8-17-9-3-4-10-18(17)21(28(27)16-26)19-11-5-6-13-25-19/h3-6,9-13,15,21,30H,1-2,7-8,14,16H2/t21-/m0/s1. The highest BCUT2D eigenvalue weighted by Crippen LogP contribution is 2.34. The first-order valence-electron chi connectivity index (χ1n) is 10.6. The van der Waals surface area contributed by atoms with Crippen LogP contribution in [-0.2, 0) is 6.42 Å². The predicted octanol–water partition coefficient (Wildman–Crippen LogP) is 2.82. The minimum atomic E-state index is -0.555. The number of amides is 1. The van der Waals surface area contributed by atoms with Gasteiger partial charge in [0.1, 0.15) is 12.7 Å². The number of aromatic nitrogens is 2. The molecule has 0 saturated carbocycles. The zero-order valence-corrected chi connectivity index (χ0v) is 17.1. The molecule has 0 fully saturated rings. The third kappa shape index (κ3) is 3.36. The Kier molecular flexibility index (Phi) is 4.94. The molecule has 2 bridgehead atoms. The molecule has 7 heteroatoms. The summed E-state index contributed by atoms with van der Waals surface area (Å²) in [6, 6.07) is 15.2. The molecule has 158 valence electrons. The van der Waals surface area contributed by atoms with E-state index in [9.17, 15) is 14.7 Å². The molecule has 1 amide bonds. The van der Waals surface area contributed by atoms with Crippen LogP contribution < -0.4 is 10.4 Å². The molecular weight excluding hydrogens is 392 g/mol. The van der Waals surface area contributed by atoms with Gasteiger partial charge in [-0.3, -0.25) is 24.3 Å². The van der Waals surface area contributed by atoms with Gasteiger partial charge in [-0.25, -0.2) is 0 Å². The molecule has 31 heavy (non-hydrogen) atoms. The second-order valence-corrected chi connectivity index (χ2v) is 8.04. The highest BCUT2D eigenvalue weighted by atomic mass is 16.3. The molecule has 1 atom stereocenters. The van der Waals surface area contributed by atoms with E-state index in [1.54, 1.807) is 22.0 Å². The number of rotatable bonds is 1. The second-order valence-electron chi connectivity index (χ2n) is 8.04. The van der Waals surface area contributed by atoms with E-state index in [1.165, 1.54) is 11.6 Å². The summed E-state index contributed by atoms with van der Waals surface area (Å²) in [7, 11) is 0. The summed E-state index contributed by atoms with van der Waals surface area (Å²) in [6.45, 7) is 0.910. The number of carbonyl (C=O) groups is 1. The maximum atomic E-state index is 13.2. The minimum absolute atomic E-state index is 0.0106. The Hall–Kier alpha value is -3.61. The summed E-state index contributed by atoms with van der Waals surface area (Å²) in [4.78, 5) is 31.7. The number of hydrogen-bond donors (Lipinski definition) is 1. The lowest BCUT2D eigenvalue weighted by Gasteiger charge is -2.43. The predicted molar refractivity (Wildman–Crippen MR) is 117 cm³/mol. The molecule has 0 unspecified atom stereocenters. The molecule has 1 aromatic carbocycles. The van der Waals surface area contributed by atoms with Gasteiger partial charge >= 0.3 is 0 Å². The number of aryl methyl sites for hydroxylation is 1. The quantitative estimate of drug-likeness (QED) is 0.660. The molecule has 5 rings (SSSR count). The molecule has 2 aliphatic heterocycles. The van der Waals surface area contributed by atoms with E-state index in [4.69, 9.17) is 0 Å². The van der Waals surface area contributed by atoms with Crippen LogP contribution in [0.5, 0.6) is 5.75 Å². The average molecular weight is 416 g/mol. The lowest BCUT2D eigenvalue weighted by Crippen LogP contribution is -2.55. The maximum Gasteiger partial charge on any atom is 0.277 e. The first kappa shape index (κ1) is 19.4. The SMILES string of the molecule is O=C1c2c(O)c(=O)ccn2N2CN1CCCCCc1ccccc1[C@H]2c1ccccn1. The first-order chi connectivity index (χ1) is 15.1. The Morgan fingerprint density at radius 3 is 2.65 bits per heavy atom. The van der Waals surface area contributed by atoms with E-state index in [2.05, 4.69) is 23.2 Å². The van der Waals surface area contributed by atoms with Crippen LogP contribution in [0.2, 0.25) is 0 Å². The third-order valence-electron chi connectivity index (χ3n) is 6.13. The van der Waals surface area contributed by atoms with Gasteiger partial charge in [-0.15, -0.1) is 0 Å². The molecule has 0 spiro atoms. The summed E-state index contributed by atoms with van der Waals surface area (Å²) in [6.07, 6.45) is 7.19. The minimum Gasteiger partial charge on any atom is -0.502 e. The van der Waals surface area contributed by atoms with E-state index < -0.39 is 11.2 Å². The molecule has 0 saturated heterocycles. The molecule has 1 N–H and O–H groups in total. The number of benzene rings is 1. The van der Waals surface area contributed by atoms with Crippen molar-refractivity contribution in [2.24, 2.45) is 0 Å². The fourth-order valence-electron chi connectivity index (χ4n) is 4.60. The van der Waals surface area contributed by atoms with Crippen molar-refractivity contribution in [3.05, 3.63) is 93.7 Å². The zero-order chi connectivity index (χ0) is 21.4. The average Bonchev–Trinajstić information content (AvgIpc) is 2.82. The van der Waals surface area contributed by atoms with Crippen LogP contribution in [0.3, 0.4) is 0 Å². The smallest absolute Gasteiger partial charge is 0.277 e. The number of aromatic hydroxyl groups is 1. The highest BCUT2D eigenvalue weighted by molar-refractivity contribution is 5.96. The van der Waals surface area contributed by atoms with Gasteiger partial charge < -0.3 is 10.0 Å². The van der Waals surface area contributed by atoms with Crippen molar-refractivity contribution < 1.29 is 9.90 Å². The second kappa shape index (κ2) is 7.91. The van der Waals surface area contributed by atoms with Crippen molar-refractivity contribution in [2.75, 3.05) is 18.2 Å². The van der Waals surface area contributed by atoms with Crippen LogP contribution in [0.15, 0.2) is 65.7 Å². The van der Waals surface area contributed by atoms with Gasteiger partial charge in [0.05, 0.1) is 5.69 Å². The summed E-state index contributed by atoms with van der Waals surface area (Å²) >= 11 is 0. The Morgan fingerprint density at radius 1 is 0.968 bits per heavy atom. The largest absolute Gasteiger partial charge is 0.502 e. The summed E-state index contributed by atoms with van der Waals surface area (Å²) < 4.78 is 1.63. The maximum absolute atomic E-state index is 13.2. The lowest BCUT2D eigenvalue weighted by molar-refractivity contribution is 0.0676. The van der Waals surface area contributed by atoms with Crippen molar-refractivity contribution in [1.82, 2.24) is 14.6 Å². The molecule has 0 radical (unpaired) electrons. The van der Waals surface area contributed by atoms with Gasteiger partial charge in [0, 0.05) is 25.0 Å². The van der Waals surface area contributed by atoms with Crippen molar-refractivity contribution >= 4 is 5.91 Å². The van der Waals surface area contributed by atoms with Gasteiger partial charge in [-0.1, -0.05) is 36.8 Å². The van der Waals surface area contributed by atoms with Crippen molar-refractivity contribution in [1.29, 1.82) is 0 Å². The fraction of sp³-hybridized carbons (Fsp3) is 0.292. The topological polar surface area (TPSA) is 78.7 Å². The van der Waals surface area contributed by atoms with Gasteiger partial charge in [-0.2, -0.15) is 0 Å². The Balaban J connectivity index is 1.78.